The van der Waals surface area contributed by atoms with Crippen molar-refractivity contribution in [3.63, 3.8) is 0 Å². The quantitative estimate of drug-likeness (QED) is 0.661. The van der Waals surface area contributed by atoms with Crippen LogP contribution in [0.3, 0.4) is 0 Å². The van der Waals surface area contributed by atoms with Crippen LogP contribution in [0.15, 0.2) is 59.5 Å². The van der Waals surface area contributed by atoms with Gasteiger partial charge in [-0.1, -0.05) is 36.4 Å². The number of alkyl halides is 3. The zero-order valence-corrected chi connectivity index (χ0v) is 18.6. The molecule has 1 fully saturated rings. The van der Waals surface area contributed by atoms with Gasteiger partial charge in [-0.2, -0.15) is 17.5 Å². The van der Waals surface area contributed by atoms with Crippen molar-refractivity contribution >= 4 is 15.9 Å². The molecular weight excluding hydrogens is 441 g/mol. The Morgan fingerprint density at radius 1 is 1.09 bits per heavy atom. The van der Waals surface area contributed by atoms with Gasteiger partial charge in [-0.05, 0) is 56.4 Å². The first-order chi connectivity index (χ1) is 15.1. The van der Waals surface area contributed by atoms with Crippen molar-refractivity contribution in [3.8, 4) is 0 Å². The van der Waals surface area contributed by atoms with Gasteiger partial charge in [0.25, 0.3) is 0 Å². The molecular formula is C23H27F3N2O3S. The van der Waals surface area contributed by atoms with Gasteiger partial charge in [0.2, 0.25) is 15.9 Å². The van der Waals surface area contributed by atoms with E-state index in [1.807, 2.05) is 37.3 Å². The third kappa shape index (κ3) is 6.10. The molecule has 0 aliphatic carbocycles. The number of nitrogens with zero attached hydrogens (tertiary/aromatic N) is 1. The van der Waals surface area contributed by atoms with E-state index in [4.69, 9.17) is 0 Å². The summed E-state index contributed by atoms with van der Waals surface area (Å²) >= 11 is 0. The van der Waals surface area contributed by atoms with Crippen LogP contribution in [0.4, 0.5) is 13.2 Å². The van der Waals surface area contributed by atoms with Crippen LogP contribution in [0.1, 0.15) is 37.3 Å². The maximum atomic E-state index is 12.9. The number of benzene rings is 2. The molecule has 0 bridgehead atoms. The van der Waals surface area contributed by atoms with E-state index in [9.17, 15) is 26.4 Å². The van der Waals surface area contributed by atoms with E-state index in [1.165, 1.54) is 5.56 Å². The Bertz CT molecular complexity index is 1020. The summed E-state index contributed by atoms with van der Waals surface area (Å²) in [4.78, 5) is 12.2. The van der Waals surface area contributed by atoms with E-state index in [2.05, 4.69) is 5.32 Å². The fraction of sp³-hybridized carbons (Fsp3) is 0.435. The van der Waals surface area contributed by atoms with Crippen molar-refractivity contribution in [1.82, 2.24) is 9.62 Å². The zero-order valence-electron chi connectivity index (χ0n) is 17.8. The molecule has 1 amide bonds. The van der Waals surface area contributed by atoms with E-state index in [0.29, 0.717) is 18.9 Å². The van der Waals surface area contributed by atoms with Crippen molar-refractivity contribution in [2.45, 2.75) is 49.7 Å². The number of hydrogen-bond acceptors (Lipinski definition) is 3. The molecule has 2 aromatic carbocycles. The maximum Gasteiger partial charge on any atom is 0.416 e. The number of aryl methyl sites for hydroxylation is 1. The molecule has 5 nitrogen and oxygen atoms in total. The molecule has 32 heavy (non-hydrogen) atoms. The van der Waals surface area contributed by atoms with Gasteiger partial charge < -0.3 is 5.32 Å². The van der Waals surface area contributed by atoms with E-state index < -0.39 is 21.8 Å². The van der Waals surface area contributed by atoms with E-state index in [-0.39, 0.29) is 35.9 Å². The lowest BCUT2D eigenvalue weighted by molar-refractivity contribution is -0.137. The fourth-order valence-electron chi connectivity index (χ4n) is 3.80. The number of piperidine rings is 1. The second-order valence-corrected chi connectivity index (χ2v) is 10.1. The maximum absolute atomic E-state index is 12.9. The summed E-state index contributed by atoms with van der Waals surface area (Å²) in [7, 11) is -4.05. The third-order valence-corrected chi connectivity index (χ3v) is 7.62. The van der Waals surface area contributed by atoms with Crippen molar-refractivity contribution in [2.24, 2.45) is 5.92 Å². The predicted molar refractivity (Wildman–Crippen MR) is 115 cm³/mol. The standard InChI is InChI=1S/C23H27F3N2O3S/c1-17(10-11-18-6-3-2-4-7-18)27-22(29)19-12-14-28(15-13-19)32(30,31)21-9-5-8-20(16-21)23(24,25)26/h2-9,16-17,19H,10-15H2,1H3,(H,27,29)/t17-/m1/s1. The number of amides is 1. The molecule has 3 rings (SSSR count). The van der Waals surface area contributed by atoms with Crippen LogP contribution in [-0.4, -0.2) is 37.8 Å². The summed E-state index contributed by atoms with van der Waals surface area (Å²) in [6.07, 6.45) is -2.33. The first-order valence-corrected chi connectivity index (χ1v) is 12.0. The number of rotatable bonds is 7. The van der Waals surface area contributed by atoms with Gasteiger partial charge in [0.1, 0.15) is 0 Å². The molecule has 2 aromatic rings. The number of halogens is 3. The lowest BCUT2D eigenvalue weighted by atomic mass is 9.96. The smallest absolute Gasteiger partial charge is 0.353 e. The minimum absolute atomic E-state index is 0.0189. The van der Waals surface area contributed by atoms with Crippen LogP contribution in [0.25, 0.3) is 0 Å². The monoisotopic (exact) mass is 468 g/mol. The molecule has 174 valence electrons. The van der Waals surface area contributed by atoms with E-state index >= 15 is 0 Å². The molecule has 1 aliphatic rings. The summed E-state index contributed by atoms with van der Waals surface area (Å²) in [6.45, 7) is 2.12. The van der Waals surface area contributed by atoms with Crippen LogP contribution in [-0.2, 0) is 27.4 Å². The molecule has 1 aliphatic heterocycles. The summed E-state index contributed by atoms with van der Waals surface area (Å²) in [5, 5.41) is 3.00. The zero-order chi connectivity index (χ0) is 23.4. The Balaban J connectivity index is 1.53. The molecule has 1 saturated heterocycles. The highest BCUT2D eigenvalue weighted by Crippen LogP contribution is 2.32. The Morgan fingerprint density at radius 3 is 2.38 bits per heavy atom. The second kappa shape index (κ2) is 10.0. The van der Waals surface area contributed by atoms with Gasteiger partial charge >= 0.3 is 6.18 Å². The molecule has 1 atom stereocenters. The highest BCUT2D eigenvalue weighted by molar-refractivity contribution is 7.89. The molecule has 1 N–H and O–H groups in total. The first kappa shape index (κ1) is 24.3. The average molecular weight is 469 g/mol. The van der Waals surface area contributed by atoms with Crippen LogP contribution in [0.5, 0.6) is 0 Å². The Kier molecular flexibility index (Phi) is 7.61. The fourth-order valence-corrected chi connectivity index (χ4v) is 5.32. The number of hydrogen-bond donors (Lipinski definition) is 1. The van der Waals surface area contributed by atoms with Crippen LogP contribution >= 0.6 is 0 Å². The van der Waals surface area contributed by atoms with E-state index in [0.717, 1.165) is 35.3 Å². The summed E-state index contributed by atoms with van der Waals surface area (Å²) in [5.74, 6) is -0.427. The molecule has 0 radical (unpaired) electrons. The Hall–Kier alpha value is -2.39. The molecule has 0 saturated carbocycles. The van der Waals surface area contributed by atoms with Crippen LogP contribution < -0.4 is 5.32 Å². The average Bonchev–Trinajstić information content (AvgIpc) is 2.78. The molecule has 0 spiro atoms. The summed E-state index contributed by atoms with van der Waals surface area (Å²) in [5.41, 5.74) is 0.194. The number of sulfonamides is 1. The van der Waals surface area contributed by atoms with Gasteiger partial charge in [-0.3, -0.25) is 4.79 Å². The van der Waals surface area contributed by atoms with Crippen molar-refractivity contribution in [2.75, 3.05) is 13.1 Å². The van der Waals surface area contributed by atoms with Crippen molar-refractivity contribution in [3.05, 3.63) is 65.7 Å². The Labute approximate surface area is 186 Å². The second-order valence-electron chi connectivity index (χ2n) is 8.14. The number of nitrogens with one attached hydrogen (secondary N) is 1. The predicted octanol–water partition coefficient (Wildman–Crippen LogP) is 4.24. The van der Waals surface area contributed by atoms with Gasteiger partial charge in [0.05, 0.1) is 10.5 Å². The highest BCUT2D eigenvalue weighted by Gasteiger charge is 2.35. The van der Waals surface area contributed by atoms with E-state index in [1.54, 1.807) is 0 Å². The third-order valence-electron chi connectivity index (χ3n) is 5.72. The normalized spacial score (nSPS) is 17.1. The van der Waals surface area contributed by atoms with Gasteiger partial charge in [-0.25, -0.2) is 8.42 Å². The molecule has 0 unspecified atom stereocenters. The largest absolute Gasteiger partial charge is 0.416 e. The number of carbonyl (C=O) groups is 1. The lowest BCUT2D eigenvalue weighted by Crippen LogP contribution is -2.44. The topological polar surface area (TPSA) is 66.5 Å². The minimum atomic E-state index is -4.62. The minimum Gasteiger partial charge on any atom is -0.353 e. The summed E-state index contributed by atoms with van der Waals surface area (Å²) in [6, 6.07) is 13.7. The summed E-state index contributed by atoms with van der Waals surface area (Å²) < 4.78 is 65.6. The molecule has 9 heteroatoms. The molecule has 0 aromatic heterocycles. The van der Waals surface area contributed by atoms with Gasteiger partial charge in [0.15, 0.2) is 0 Å². The SMILES string of the molecule is C[C@H](CCc1ccccc1)NC(=O)C1CCN(S(=O)(=O)c2cccc(C(F)(F)F)c2)CC1. The van der Waals surface area contributed by atoms with Gasteiger partial charge in [0, 0.05) is 25.0 Å². The van der Waals surface area contributed by atoms with Crippen LogP contribution in [0, 0.1) is 5.92 Å². The van der Waals surface area contributed by atoms with Gasteiger partial charge in [-0.15, -0.1) is 0 Å². The van der Waals surface area contributed by atoms with Crippen molar-refractivity contribution in [1.29, 1.82) is 0 Å². The Morgan fingerprint density at radius 2 is 1.75 bits per heavy atom. The van der Waals surface area contributed by atoms with Crippen LogP contribution in [0.2, 0.25) is 0 Å². The lowest BCUT2D eigenvalue weighted by Gasteiger charge is -2.31. The van der Waals surface area contributed by atoms with Crippen molar-refractivity contribution < 1.29 is 26.4 Å². The first-order valence-electron chi connectivity index (χ1n) is 10.6. The highest BCUT2D eigenvalue weighted by atomic mass is 32.2. The number of carbonyl (C=O) groups excluding carboxylic acids is 1. The molecule has 1 heterocycles.